The summed E-state index contributed by atoms with van der Waals surface area (Å²) in [6.07, 6.45) is 1.72. The van der Waals surface area contributed by atoms with E-state index in [1.807, 2.05) is 48.5 Å². The van der Waals surface area contributed by atoms with Gasteiger partial charge in [0.25, 0.3) is 0 Å². The fourth-order valence-corrected chi connectivity index (χ4v) is 2.03. The highest BCUT2D eigenvalue weighted by atomic mass is 16.5. The first-order valence-electron chi connectivity index (χ1n) is 6.32. The van der Waals surface area contributed by atoms with Crippen LogP contribution >= 0.6 is 0 Å². The highest BCUT2D eigenvalue weighted by Gasteiger charge is 2.00. The molecule has 3 nitrogen and oxygen atoms in total. The first-order valence-corrected chi connectivity index (χ1v) is 6.32. The van der Waals surface area contributed by atoms with Gasteiger partial charge < -0.3 is 4.74 Å². The number of para-hydroxylation sites is 1. The van der Waals surface area contributed by atoms with Crippen molar-refractivity contribution in [2.45, 2.75) is 6.61 Å². The minimum atomic E-state index is 0.426. The molecule has 3 aromatic rings. The van der Waals surface area contributed by atoms with Gasteiger partial charge >= 0.3 is 0 Å². The third-order valence-corrected chi connectivity index (χ3v) is 3.03. The summed E-state index contributed by atoms with van der Waals surface area (Å²) in [5.41, 5.74) is 2.56. The molecule has 0 radical (unpaired) electrons. The Kier molecular flexibility index (Phi) is 3.30. The van der Waals surface area contributed by atoms with E-state index in [2.05, 4.69) is 11.1 Å². The van der Waals surface area contributed by atoms with Crippen LogP contribution in [0.15, 0.2) is 60.8 Å². The van der Waals surface area contributed by atoms with Crippen molar-refractivity contribution in [1.82, 2.24) is 4.98 Å². The zero-order valence-corrected chi connectivity index (χ0v) is 10.8. The van der Waals surface area contributed by atoms with Crippen LogP contribution in [-0.2, 0) is 6.61 Å². The Morgan fingerprint density at radius 2 is 1.95 bits per heavy atom. The molecular formula is C17H12N2O. The van der Waals surface area contributed by atoms with E-state index in [4.69, 9.17) is 10.00 Å². The number of aromatic nitrogens is 1. The number of pyridine rings is 1. The molecule has 0 saturated carbocycles. The molecule has 0 saturated heterocycles. The normalized spacial score (nSPS) is 10.2. The van der Waals surface area contributed by atoms with Crippen LogP contribution in [0.25, 0.3) is 10.9 Å². The molecule has 0 aliphatic carbocycles. The average molecular weight is 260 g/mol. The van der Waals surface area contributed by atoms with Crippen molar-refractivity contribution in [2.75, 3.05) is 0 Å². The zero-order chi connectivity index (χ0) is 13.8. The number of benzene rings is 2. The molecule has 1 heterocycles. The Morgan fingerprint density at radius 1 is 1.05 bits per heavy atom. The molecule has 3 rings (SSSR count). The van der Waals surface area contributed by atoms with Crippen LogP contribution in [0.2, 0.25) is 0 Å². The van der Waals surface area contributed by atoms with E-state index in [1.54, 1.807) is 12.3 Å². The van der Waals surface area contributed by atoms with E-state index in [1.165, 1.54) is 0 Å². The van der Waals surface area contributed by atoms with Crippen LogP contribution in [0.4, 0.5) is 0 Å². The number of nitrogens with zero attached hydrogens (tertiary/aromatic N) is 2. The number of rotatable bonds is 3. The van der Waals surface area contributed by atoms with E-state index < -0.39 is 0 Å². The largest absolute Gasteiger partial charge is 0.487 e. The summed E-state index contributed by atoms with van der Waals surface area (Å²) in [6.45, 7) is 0.426. The van der Waals surface area contributed by atoms with Gasteiger partial charge in [-0.05, 0) is 29.8 Å². The second kappa shape index (κ2) is 5.41. The minimum Gasteiger partial charge on any atom is -0.487 e. The molecule has 0 amide bonds. The molecule has 0 aliphatic rings. The first-order chi connectivity index (χ1) is 9.85. The summed E-state index contributed by atoms with van der Waals surface area (Å²) in [7, 11) is 0. The Labute approximate surface area is 117 Å². The van der Waals surface area contributed by atoms with E-state index >= 15 is 0 Å². The van der Waals surface area contributed by atoms with Gasteiger partial charge in [-0.15, -0.1) is 0 Å². The molecule has 20 heavy (non-hydrogen) atoms. The van der Waals surface area contributed by atoms with Gasteiger partial charge in [0.15, 0.2) is 0 Å². The fraction of sp³-hybridized carbons (Fsp3) is 0.0588. The standard InChI is InChI=1S/C17H12N2O/c18-10-13-4-3-5-14(8-13)12-20-16-9-15-6-1-2-7-17(15)19-11-16/h1-9,11H,12H2. The molecule has 0 fully saturated rings. The third kappa shape index (κ3) is 2.60. The number of ether oxygens (including phenoxy) is 1. The third-order valence-electron chi connectivity index (χ3n) is 3.03. The summed E-state index contributed by atoms with van der Waals surface area (Å²) < 4.78 is 5.73. The monoisotopic (exact) mass is 260 g/mol. The van der Waals surface area contributed by atoms with Crippen LogP contribution in [0.3, 0.4) is 0 Å². The molecular weight excluding hydrogens is 248 g/mol. The maximum Gasteiger partial charge on any atom is 0.138 e. The second-order valence-electron chi connectivity index (χ2n) is 4.46. The molecule has 96 valence electrons. The molecule has 0 atom stereocenters. The molecule has 0 bridgehead atoms. The number of hydrogen-bond acceptors (Lipinski definition) is 3. The maximum absolute atomic E-state index is 8.86. The Balaban J connectivity index is 1.78. The maximum atomic E-state index is 8.86. The highest BCUT2D eigenvalue weighted by molar-refractivity contribution is 5.79. The van der Waals surface area contributed by atoms with E-state index in [0.717, 1.165) is 22.2 Å². The van der Waals surface area contributed by atoms with Gasteiger partial charge in [0.05, 0.1) is 23.3 Å². The van der Waals surface area contributed by atoms with Crippen molar-refractivity contribution in [3.63, 3.8) is 0 Å². The average Bonchev–Trinajstić information content (AvgIpc) is 2.53. The summed E-state index contributed by atoms with van der Waals surface area (Å²) in [6, 6.07) is 19.4. The topological polar surface area (TPSA) is 45.9 Å². The van der Waals surface area contributed by atoms with Gasteiger partial charge in [0.2, 0.25) is 0 Å². The molecule has 0 unspecified atom stereocenters. The summed E-state index contributed by atoms with van der Waals surface area (Å²) in [5, 5.41) is 9.92. The predicted octanol–water partition coefficient (Wildman–Crippen LogP) is 3.69. The lowest BCUT2D eigenvalue weighted by atomic mass is 10.1. The lowest BCUT2D eigenvalue weighted by molar-refractivity contribution is 0.305. The Morgan fingerprint density at radius 3 is 2.85 bits per heavy atom. The Hall–Kier alpha value is -2.86. The number of fused-ring (bicyclic) bond motifs is 1. The lowest BCUT2D eigenvalue weighted by Crippen LogP contribution is -1.96. The summed E-state index contributed by atoms with van der Waals surface area (Å²) >= 11 is 0. The number of nitriles is 1. The van der Waals surface area contributed by atoms with Gasteiger partial charge in [-0.25, -0.2) is 0 Å². The van der Waals surface area contributed by atoms with Crippen molar-refractivity contribution >= 4 is 10.9 Å². The lowest BCUT2D eigenvalue weighted by Gasteiger charge is -2.07. The van der Waals surface area contributed by atoms with E-state index in [-0.39, 0.29) is 0 Å². The highest BCUT2D eigenvalue weighted by Crippen LogP contribution is 2.19. The van der Waals surface area contributed by atoms with Crippen molar-refractivity contribution in [1.29, 1.82) is 5.26 Å². The van der Waals surface area contributed by atoms with Crippen LogP contribution in [-0.4, -0.2) is 4.98 Å². The molecule has 3 heteroatoms. The summed E-state index contributed by atoms with van der Waals surface area (Å²) in [4.78, 5) is 4.35. The fourth-order valence-electron chi connectivity index (χ4n) is 2.03. The predicted molar refractivity (Wildman–Crippen MR) is 77.2 cm³/mol. The SMILES string of the molecule is N#Cc1cccc(COc2cnc3ccccc3c2)c1. The Bertz CT molecular complexity index is 790. The smallest absolute Gasteiger partial charge is 0.138 e. The molecule has 0 aliphatic heterocycles. The van der Waals surface area contributed by atoms with Crippen molar-refractivity contribution < 1.29 is 4.74 Å². The van der Waals surface area contributed by atoms with Crippen LogP contribution < -0.4 is 4.74 Å². The minimum absolute atomic E-state index is 0.426. The van der Waals surface area contributed by atoms with Crippen molar-refractivity contribution in [2.24, 2.45) is 0 Å². The summed E-state index contributed by atoms with van der Waals surface area (Å²) in [5.74, 6) is 0.728. The van der Waals surface area contributed by atoms with E-state index in [9.17, 15) is 0 Å². The molecule has 0 spiro atoms. The van der Waals surface area contributed by atoms with Crippen molar-refractivity contribution in [3.05, 3.63) is 71.9 Å². The molecule has 2 aromatic carbocycles. The van der Waals surface area contributed by atoms with Gasteiger partial charge in [0, 0.05) is 5.39 Å². The van der Waals surface area contributed by atoms with Crippen LogP contribution in [0, 0.1) is 11.3 Å². The quantitative estimate of drug-likeness (QED) is 0.721. The van der Waals surface area contributed by atoms with Crippen LogP contribution in [0.5, 0.6) is 5.75 Å². The van der Waals surface area contributed by atoms with E-state index in [0.29, 0.717) is 12.2 Å². The number of hydrogen-bond donors (Lipinski definition) is 0. The van der Waals surface area contributed by atoms with Crippen molar-refractivity contribution in [3.8, 4) is 11.8 Å². The van der Waals surface area contributed by atoms with Gasteiger partial charge in [-0.3, -0.25) is 4.98 Å². The van der Waals surface area contributed by atoms with Gasteiger partial charge in [-0.1, -0.05) is 30.3 Å². The molecule has 0 N–H and O–H groups in total. The van der Waals surface area contributed by atoms with Crippen LogP contribution in [0.1, 0.15) is 11.1 Å². The van der Waals surface area contributed by atoms with Gasteiger partial charge in [-0.2, -0.15) is 5.26 Å². The first kappa shape index (κ1) is 12.2. The second-order valence-corrected chi connectivity index (χ2v) is 4.46. The zero-order valence-electron chi connectivity index (χ0n) is 10.8. The van der Waals surface area contributed by atoms with Gasteiger partial charge in [0.1, 0.15) is 12.4 Å². The molecule has 1 aromatic heterocycles.